The van der Waals surface area contributed by atoms with Gasteiger partial charge >= 0.3 is 0 Å². The van der Waals surface area contributed by atoms with Gasteiger partial charge in [-0.1, -0.05) is 6.92 Å². The molecule has 0 aliphatic rings. The average molecular weight is 239 g/mol. The second-order valence-electron chi connectivity index (χ2n) is 6.08. The average Bonchev–Trinajstić information content (AvgIpc) is 2.25. The van der Waals surface area contributed by atoms with Gasteiger partial charge in [0.2, 0.25) is 0 Å². The Morgan fingerprint density at radius 2 is 1.82 bits per heavy atom. The van der Waals surface area contributed by atoms with Crippen molar-refractivity contribution in [3.8, 4) is 6.07 Å². The predicted molar refractivity (Wildman–Crippen MR) is 73.9 cm³/mol. The first-order chi connectivity index (χ1) is 7.67. The molecule has 0 bridgehead atoms. The van der Waals surface area contributed by atoms with E-state index >= 15 is 0 Å². The van der Waals surface area contributed by atoms with Crippen molar-refractivity contribution in [2.45, 2.75) is 71.5 Å². The topological polar surface area (TPSA) is 39.1 Å². The van der Waals surface area contributed by atoms with E-state index in [1.165, 1.54) is 0 Å². The van der Waals surface area contributed by atoms with Crippen LogP contribution >= 0.6 is 0 Å². The van der Waals surface area contributed by atoms with Crippen LogP contribution in [-0.4, -0.2) is 35.6 Å². The molecule has 100 valence electrons. The standard InChI is InChI=1S/C14H29N3/c1-8-13(4,5)17(7)10-9-14(6,11-15)16-12(2)3/h12,16H,8-10H2,1-7H3. The second-order valence-corrected chi connectivity index (χ2v) is 6.08. The molecule has 0 saturated carbocycles. The SMILES string of the molecule is CCC(C)(C)N(C)CCC(C)(C#N)NC(C)C. The van der Waals surface area contributed by atoms with Gasteiger partial charge in [0.1, 0.15) is 5.54 Å². The fourth-order valence-electron chi connectivity index (χ4n) is 1.76. The highest BCUT2D eigenvalue weighted by Crippen LogP contribution is 2.19. The third kappa shape index (κ3) is 5.52. The highest BCUT2D eigenvalue weighted by molar-refractivity contribution is 5.05. The van der Waals surface area contributed by atoms with Crippen LogP contribution in [0.3, 0.4) is 0 Å². The van der Waals surface area contributed by atoms with E-state index in [9.17, 15) is 5.26 Å². The summed E-state index contributed by atoms with van der Waals surface area (Å²) in [6.07, 6.45) is 1.96. The summed E-state index contributed by atoms with van der Waals surface area (Å²) in [5.74, 6) is 0. The first-order valence-electron chi connectivity index (χ1n) is 6.57. The Morgan fingerprint density at radius 3 is 2.18 bits per heavy atom. The summed E-state index contributed by atoms with van der Waals surface area (Å²) in [4.78, 5) is 2.34. The maximum absolute atomic E-state index is 9.28. The van der Waals surface area contributed by atoms with Crippen molar-refractivity contribution in [3.63, 3.8) is 0 Å². The molecule has 1 N–H and O–H groups in total. The molecule has 0 amide bonds. The summed E-state index contributed by atoms with van der Waals surface area (Å²) in [6, 6.07) is 2.73. The molecular weight excluding hydrogens is 210 g/mol. The smallest absolute Gasteiger partial charge is 0.105 e. The van der Waals surface area contributed by atoms with E-state index in [0.29, 0.717) is 6.04 Å². The lowest BCUT2D eigenvalue weighted by Crippen LogP contribution is -2.49. The number of hydrogen-bond donors (Lipinski definition) is 1. The van der Waals surface area contributed by atoms with Crippen LogP contribution in [0, 0.1) is 11.3 Å². The van der Waals surface area contributed by atoms with E-state index in [1.807, 2.05) is 6.92 Å². The Bertz CT molecular complexity index is 265. The summed E-state index contributed by atoms with van der Waals surface area (Å²) in [5, 5.41) is 12.6. The molecule has 1 unspecified atom stereocenters. The summed E-state index contributed by atoms with van der Waals surface area (Å²) in [6.45, 7) is 13.8. The van der Waals surface area contributed by atoms with E-state index in [-0.39, 0.29) is 5.54 Å². The highest BCUT2D eigenvalue weighted by Gasteiger charge is 2.27. The van der Waals surface area contributed by atoms with Gasteiger partial charge < -0.3 is 4.90 Å². The zero-order valence-electron chi connectivity index (χ0n) is 12.6. The predicted octanol–water partition coefficient (Wildman–Crippen LogP) is 2.78. The molecule has 0 aromatic heterocycles. The van der Waals surface area contributed by atoms with E-state index < -0.39 is 5.54 Å². The molecule has 0 spiro atoms. The summed E-state index contributed by atoms with van der Waals surface area (Å²) in [7, 11) is 2.14. The molecule has 0 aromatic rings. The molecule has 0 heterocycles. The molecule has 0 saturated heterocycles. The Morgan fingerprint density at radius 1 is 1.29 bits per heavy atom. The molecule has 17 heavy (non-hydrogen) atoms. The van der Waals surface area contributed by atoms with Crippen molar-refractivity contribution >= 4 is 0 Å². The lowest BCUT2D eigenvalue weighted by molar-refractivity contribution is 0.139. The summed E-state index contributed by atoms with van der Waals surface area (Å²) in [5.41, 5.74) is -0.222. The van der Waals surface area contributed by atoms with Gasteiger partial charge in [0.25, 0.3) is 0 Å². The first kappa shape index (κ1) is 16.4. The molecule has 0 aliphatic heterocycles. The van der Waals surface area contributed by atoms with Crippen molar-refractivity contribution in [2.24, 2.45) is 0 Å². The normalized spacial score (nSPS) is 16.0. The third-order valence-corrected chi connectivity index (χ3v) is 3.70. The quantitative estimate of drug-likeness (QED) is 0.742. The molecular formula is C14H29N3. The van der Waals surface area contributed by atoms with Crippen LogP contribution in [0.15, 0.2) is 0 Å². The Balaban J connectivity index is 4.39. The maximum atomic E-state index is 9.28. The van der Waals surface area contributed by atoms with E-state index in [4.69, 9.17) is 0 Å². The Hall–Kier alpha value is -0.590. The highest BCUT2D eigenvalue weighted by atomic mass is 15.2. The van der Waals surface area contributed by atoms with E-state index in [2.05, 4.69) is 58.0 Å². The van der Waals surface area contributed by atoms with Gasteiger partial charge in [-0.15, -0.1) is 0 Å². The molecule has 0 rings (SSSR count). The van der Waals surface area contributed by atoms with Crippen molar-refractivity contribution in [3.05, 3.63) is 0 Å². The number of nitriles is 1. The van der Waals surface area contributed by atoms with Crippen LogP contribution in [0.2, 0.25) is 0 Å². The van der Waals surface area contributed by atoms with Gasteiger partial charge in [-0.2, -0.15) is 5.26 Å². The van der Waals surface area contributed by atoms with Crippen LogP contribution < -0.4 is 5.32 Å². The molecule has 0 radical (unpaired) electrons. The second kappa shape index (κ2) is 6.37. The lowest BCUT2D eigenvalue weighted by Gasteiger charge is -2.37. The minimum Gasteiger partial charge on any atom is -0.301 e. The van der Waals surface area contributed by atoms with Crippen LogP contribution in [0.1, 0.15) is 54.4 Å². The van der Waals surface area contributed by atoms with Gasteiger partial charge in [0, 0.05) is 18.1 Å². The van der Waals surface area contributed by atoms with Crippen LogP contribution in [0.4, 0.5) is 0 Å². The summed E-state index contributed by atoms with van der Waals surface area (Å²) >= 11 is 0. The number of hydrogen-bond acceptors (Lipinski definition) is 3. The van der Waals surface area contributed by atoms with Crippen molar-refractivity contribution < 1.29 is 0 Å². The molecule has 1 atom stereocenters. The Labute approximate surface area is 107 Å². The molecule has 3 nitrogen and oxygen atoms in total. The minimum absolute atomic E-state index is 0.203. The largest absolute Gasteiger partial charge is 0.301 e. The molecule has 0 aromatic carbocycles. The van der Waals surface area contributed by atoms with E-state index in [1.54, 1.807) is 0 Å². The lowest BCUT2D eigenvalue weighted by atomic mass is 9.95. The molecule has 0 aliphatic carbocycles. The van der Waals surface area contributed by atoms with Gasteiger partial charge in [0.15, 0.2) is 0 Å². The van der Waals surface area contributed by atoms with Gasteiger partial charge in [-0.3, -0.25) is 5.32 Å². The van der Waals surface area contributed by atoms with Crippen LogP contribution in [-0.2, 0) is 0 Å². The number of nitrogens with zero attached hydrogens (tertiary/aromatic N) is 2. The zero-order valence-corrected chi connectivity index (χ0v) is 12.6. The Kier molecular flexibility index (Phi) is 6.15. The fourth-order valence-corrected chi connectivity index (χ4v) is 1.76. The van der Waals surface area contributed by atoms with Crippen molar-refractivity contribution in [1.82, 2.24) is 10.2 Å². The van der Waals surface area contributed by atoms with Crippen molar-refractivity contribution in [2.75, 3.05) is 13.6 Å². The fraction of sp³-hybridized carbons (Fsp3) is 0.929. The van der Waals surface area contributed by atoms with Crippen LogP contribution in [0.25, 0.3) is 0 Å². The minimum atomic E-state index is -0.424. The van der Waals surface area contributed by atoms with E-state index in [0.717, 1.165) is 19.4 Å². The molecule has 3 heteroatoms. The van der Waals surface area contributed by atoms with Crippen molar-refractivity contribution in [1.29, 1.82) is 5.26 Å². The van der Waals surface area contributed by atoms with Gasteiger partial charge in [0.05, 0.1) is 6.07 Å². The monoisotopic (exact) mass is 239 g/mol. The number of nitrogens with one attached hydrogen (secondary N) is 1. The zero-order chi connectivity index (χ0) is 13.7. The van der Waals surface area contributed by atoms with Gasteiger partial charge in [-0.05, 0) is 54.5 Å². The maximum Gasteiger partial charge on any atom is 0.105 e. The first-order valence-corrected chi connectivity index (χ1v) is 6.57. The summed E-state index contributed by atoms with van der Waals surface area (Å²) < 4.78 is 0. The van der Waals surface area contributed by atoms with Gasteiger partial charge in [-0.25, -0.2) is 0 Å². The van der Waals surface area contributed by atoms with Crippen LogP contribution in [0.5, 0.6) is 0 Å². The third-order valence-electron chi connectivity index (χ3n) is 3.70. The number of rotatable bonds is 7. The molecule has 0 fully saturated rings.